The third kappa shape index (κ3) is 5.04. The van der Waals surface area contributed by atoms with Crippen LogP contribution >= 0.6 is 0 Å². The summed E-state index contributed by atoms with van der Waals surface area (Å²) in [6.45, 7) is 3.13. The van der Waals surface area contributed by atoms with Crippen LogP contribution in [-0.4, -0.2) is 49.4 Å². The summed E-state index contributed by atoms with van der Waals surface area (Å²) in [6.07, 6.45) is 3.64. The first-order valence-corrected chi connectivity index (χ1v) is 6.73. The Hall–Kier alpha value is -1.10. The average molecular weight is 255 g/mol. The standard InChI is InChI=1S/C13H25N3O2/c1-10-11(6-5-9-14-10)15-12(17)7-4-8-13(18)16(2)3/h10-11,14H,4-9H2,1-3H3,(H,15,17). The van der Waals surface area contributed by atoms with Crippen LogP contribution in [0.25, 0.3) is 0 Å². The van der Waals surface area contributed by atoms with Gasteiger partial charge in [-0.1, -0.05) is 0 Å². The molecule has 5 nitrogen and oxygen atoms in total. The smallest absolute Gasteiger partial charge is 0.222 e. The van der Waals surface area contributed by atoms with Crippen LogP contribution < -0.4 is 10.6 Å². The van der Waals surface area contributed by atoms with Crippen molar-refractivity contribution in [1.29, 1.82) is 0 Å². The fourth-order valence-corrected chi connectivity index (χ4v) is 2.14. The second-order valence-electron chi connectivity index (χ2n) is 5.20. The molecule has 1 heterocycles. The van der Waals surface area contributed by atoms with E-state index in [1.165, 1.54) is 0 Å². The van der Waals surface area contributed by atoms with Crippen molar-refractivity contribution in [2.75, 3.05) is 20.6 Å². The molecular formula is C13H25N3O2. The minimum atomic E-state index is 0.0575. The van der Waals surface area contributed by atoms with Crippen molar-refractivity contribution in [2.45, 2.75) is 51.1 Å². The summed E-state index contributed by atoms with van der Waals surface area (Å²) in [5, 5.41) is 6.40. The molecule has 2 N–H and O–H groups in total. The van der Waals surface area contributed by atoms with Crippen molar-refractivity contribution in [3.05, 3.63) is 0 Å². The maximum atomic E-state index is 11.7. The Balaban J connectivity index is 2.19. The molecule has 1 saturated heterocycles. The minimum Gasteiger partial charge on any atom is -0.352 e. The van der Waals surface area contributed by atoms with Crippen LogP contribution in [0.3, 0.4) is 0 Å². The Kier molecular flexibility index (Phi) is 6.12. The first-order valence-electron chi connectivity index (χ1n) is 6.73. The Bertz CT molecular complexity index is 292. The zero-order valence-electron chi connectivity index (χ0n) is 11.7. The van der Waals surface area contributed by atoms with Gasteiger partial charge in [-0.15, -0.1) is 0 Å². The van der Waals surface area contributed by atoms with Crippen molar-refractivity contribution in [3.63, 3.8) is 0 Å². The molecule has 0 saturated carbocycles. The van der Waals surface area contributed by atoms with E-state index in [0.29, 0.717) is 25.3 Å². The van der Waals surface area contributed by atoms with E-state index in [2.05, 4.69) is 17.6 Å². The summed E-state index contributed by atoms with van der Waals surface area (Å²) in [7, 11) is 3.47. The molecule has 0 spiro atoms. The molecular weight excluding hydrogens is 230 g/mol. The highest BCUT2D eigenvalue weighted by molar-refractivity contribution is 5.78. The highest BCUT2D eigenvalue weighted by atomic mass is 16.2. The molecule has 0 aromatic rings. The lowest BCUT2D eigenvalue weighted by atomic mass is 9.99. The second kappa shape index (κ2) is 7.36. The first-order chi connectivity index (χ1) is 8.50. The lowest BCUT2D eigenvalue weighted by Gasteiger charge is -2.30. The topological polar surface area (TPSA) is 61.4 Å². The highest BCUT2D eigenvalue weighted by Crippen LogP contribution is 2.09. The fraction of sp³-hybridized carbons (Fsp3) is 0.846. The molecule has 0 bridgehead atoms. The molecule has 1 fully saturated rings. The lowest BCUT2D eigenvalue weighted by Crippen LogP contribution is -2.51. The number of rotatable bonds is 5. The summed E-state index contributed by atoms with van der Waals surface area (Å²) < 4.78 is 0. The second-order valence-corrected chi connectivity index (χ2v) is 5.20. The summed E-state index contributed by atoms with van der Waals surface area (Å²) in [6, 6.07) is 0.571. The van der Waals surface area contributed by atoms with Crippen molar-refractivity contribution < 1.29 is 9.59 Å². The van der Waals surface area contributed by atoms with Gasteiger partial charge in [0.05, 0.1) is 0 Å². The normalized spacial score (nSPS) is 23.5. The van der Waals surface area contributed by atoms with Gasteiger partial charge in [0, 0.05) is 39.0 Å². The predicted octanol–water partition coefficient (Wildman–Crippen LogP) is 0.502. The molecule has 0 radical (unpaired) electrons. The van der Waals surface area contributed by atoms with Gasteiger partial charge in [-0.2, -0.15) is 0 Å². The molecule has 0 aromatic carbocycles. The van der Waals surface area contributed by atoms with Crippen LogP contribution in [0.1, 0.15) is 39.0 Å². The highest BCUT2D eigenvalue weighted by Gasteiger charge is 2.22. The van der Waals surface area contributed by atoms with Gasteiger partial charge in [-0.25, -0.2) is 0 Å². The SMILES string of the molecule is CC1NCCCC1NC(=O)CCCC(=O)N(C)C. The van der Waals surface area contributed by atoms with E-state index in [1.54, 1.807) is 19.0 Å². The number of carbonyl (C=O) groups is 2. The Morgan fingerprint density at radius 1 is 1.33 bits per heavy atom. The Morgan fingerprint density at radius 2 is 2.06 bits per heavy atom. The molecule has 2 atom stereocenters. The van der Waals surface area contributed by atoms with Gasteiger partial charge >= 0.3 is 0 Å². The van der Waals surface area contributed by atoms with E-state index in [9.17, 15) is 9.59 Å². The zero-order chi connectivity index (χ0) is 13.5. The van der Waals surface area contributed by atoms with Crippen LogP contribution in [0.5, 0.6) is 0 Å². The Morgan fingerprint density at radius 3 is 2.67 bits per heavy atom. The monoisotopic (exact) mass is 255 g/mol. The molecule has 1 rings (SSSR count). The third-order valence-corrected chi connectivity index (χ3v) is 3.40. The Labute approximate surface area is 109 Å². The van der Waals surface area contributed by atoms with Gasteiger partial charge in [-0.05, 0) is 32.7 Å². The van der Waals surface area contributed by atoms with Crippen LogP contribution in [0, 0.1) is 0 Å². The van der Waals surface area contributed by atoms with Gasteiger partial charge in [-0.3, -0.25) is 9.59 Å². The molecule has 104 valence electrons. The van der Waals surface area contributed by atoms with E-state index >= 15 is 0 Å². The molecule has 2 unspecified atom stereocenters. The predicted molar refractivity (Wildman–Crippen MR) is 71.2 cm³/mol. The summed E-state index contributed by atoms with van der Waals surface area (Å²) in [5.41, 5.74) is 0. The van der Waals surface area contributed by atoms with Gasteiger partial charge in [0.15, 0.2) is 0 Å². The van der Waals surface area contributed by atoms with Crippen molar-refractivity contribution in [3.8, 4) is 0 Å². The van der Waals surface area contributed by atoms with E-state index in [-0.39, 0.29) is 17.9 Å². The van der Waals surface area contributed by atoms with Gasteiger partial charge in [0.1, 0.15) is 0 Å². The quantitative estimate of drug-likeness (QED) is 0.752. The van der Waals surface area contributed by atoms with Crippen LogP contribution in [0.4, 0.5) is 0 Å². The van der Waals surface area contributed by atoms with Gasteiger partial charge in [0.2, 0.25) is 11.8 Å². The van der Waals surface area contributed by atoms with Crippen LogP contribution in [0.15, 0.2) is 0 Å². The minimum absolute atomic E-state index is 0.0575. The van der Waals surface area contributed by atoms with Crippen LogP contribution in [-0.2, 0) is 9.59 Å². The van der Waals surface area contributed by atoms with E-state index in [0.717, 1.165) is 19.4 Å². The zero-order valence-corrected chi connectivity index (χ0v) is 11.7. The maximum Gasteiger partial charge on any atom is 0.222 e. The molecule has 2 amide bonds. The maximum absolute atomic E-state index is 11.7. The summed E-state index contributed by atoms with van der Waals surface area (Å²) in [4.78, 5) is 24.7. The van der Waals surface area contributed by atoms with Crippen molar-refractivity contribution in [1.82, 2.24) is 15.5 Å². The van der Waals surface area contributed by atoms with Gasteiger partial charge in [0.25, 0.3) is 0 Å². The van der Waals surface area contributed by atoms with E-state index in [4.69, 9.17) is 0 Å². The molecule has 1 aliphatic rings. The number of carbonyl (C=O) groups excluding carboxylic acids is 2. The van der Waals surface area contributed by atoms with E-state index < -0.39 is 0 Å². The summed E-state index contributed by atoms with van der Waals surface area (Å²) in [5.74, 6) is 0.137. The van der Waals surface area contributed by atoms with E-state index in [1.807, 2.05) is 0 Å². The number of piperidine rings is 1. The fourth-order valence-electron chi connectivity index (χ4n) is 2.14. The number of nitrogens with one attached hydrogen (secondary N) is 2. The number of hydrogen-bond donors (Lipinski definition) is 2. The van der Waals surface area contributed by atoms with Crippen molar-refractivity contribution >= 4 is 11.8 Å². The largest absolute Gasteiger partial charge is 0.352 e. The molecule has 5 heteroatoms. The molecule has 0 aromatic heterocycles. The van der Waals surface area contributed by atoms with Gasteiger partial charge < -0.3 is 15.5 Å². The number of hydrogen-bond acceptors (Lipinski definition) is 3. The third-order valence-electron chi connectivity index (χ3n) is 3.40. The molecule has 1 aliphatic heterocycles. The average Bonchev–Trinajstić information content (AvgIpc) is 2.32. The summed E-state index contributed by atoms with van der Waals surface area (Å²) >= 11 is 0. The van der Waals surface area contributed by atoms with Crippen LogP contribution in [0.2, 0.25) is 0 Å². The molecule has 18 heavy (non-hydrogen) atoms. The lowest BCUT2D eigenvalue weighted by molar-refractivity contribution is -0.129. The number of amides is 2. The number of nitrogens with zero attached hydrogens (tertiary/aromatic N) is 1. The van der Waals surface area contributed by atoms with Crippen molar-refractivity contribution in [2.24, 2.45) is 0 Å². The first kappa shape index (κ1) is 15.0. The molecule has 0 aliphatic carbocycles.